The number of aromatic hydroxyl groups is 1. The zero-order valence-corrected chi connectivity index (χ0v) is 24.6. The molecule has 2 heterocycles. The summed E-state index contributed by atoms with van der Waals surface area (Å²) in [6, 6.07) is 7.89. The average Bonchev–Trinajstić information content (AvgIpc) is 3.69. The summed E-state index contributed by atoms with van der Waals surface area (Å²) < 4.78 is 0. The SMILES string of the molecule is NC(Cc1cnc[nH]1)C(=O)NC(Cc1c[nH]c2ccccc12)C(=O)NC(CCC(=O)O)C(=O)NC(Cc1ccc(O)cc1)C(=O)O. The van der Waals surface area contributed by atoms with Crippen LogP contribution in [-0.2, 0) is 43.2 Å². The van der Waals surface area contributed by atoms with E-state index in [0.29, 0.717) is 16.8 Å². The van der Waals surface area contributed by atoms with Crippen LogP contribution in [0.1, 0.15) is 29.7 Å². The predicted molar refractivity (Wildman–Crippen MR) is 164 cm³/mol. The lowest BCUT2D eigenvalue weighted by molar-refractivity contribution is -0.143. The van der Waals surface area contributed by atoms with Gasteiger partial charge in [-0.3, -0.25) is 19.2 Å². The molecule has 4 unspecified atom stereocenters. The molecular weight excluding hydrogens is 598 g/mol. The van der Waals surface area contributed by atoms with Gasteiger partial charge in [0.1, 0.15) is 23.9 Å². The number of aromatic nitrogens is 3. The number of hydrogen-bond donors (Lipinski definition) is 9. The summed E-state index contributed by atoms with van der Waals surface area (Å²) in [5, 5.41) is 36.9. The summed E-state index contributed by atoms with van der Waals surface area (Å²) in [7, 11) is 0. The number of imidazole rings is 1. The van der Waals surface area contributed by atoms with Gasteiger partial charge in [0.25, 0.3) is 0 Å². The van der Waals surface area contributed by atoms with Crippen LogP contribution in [0.2, 0.25) is 0 Å². The fourth-order valence-corrected chi connectivity index (χ4v) is 4.88. The van der Waals surface area contributed by atoms with Gasteiger partial charge in [0.05, 0.1) is 12.4 Å². The lowest BCUT2D eigenvalue weighted by Gasteiger charge is -2.25. The molecule has 15 heteroatoms. The monoisotopic (exact) mass is 633 g/mol. The van der Waals surface area contributed by atoms with Gasteiger partial charge in [-0.1, -0.05) is 30.3 Å². The second kappa shape index (κ2) is 15.3. The van der Waals surface area contributed by atoms with Gasteiger partial charge >= 0.3 is 11.9 Å². The zero-order valence-electron chi connectivity index (χ0n) is 24.6. The number of carboxylic acids is 2. The number of aromatic amines is 2. The van der Waals surface area contributed by atoms with Crippen molar-refractivity contribution in [1.82, 2.24) is 30.9 Å². The molecule has 15 nitrogen and oxygen atoms in total. The molecule has 4 rings (SSSR count). The van der Waals surface area contributed by atoms with Gasteiger partial charge < -0.3 is 47.0 Å². The van der Waals surface area contributed by atoms with Crippen molar-refractivity contribution in [3.8, 4) is 5.75 Å². The number of para-hydroxylation sites is 1. The van der Waals surface area contributed by atoms with Gasteiger partial charge in [-0.05, 0) is 35.7 Å². The first kappa shape index (κ1) is 33.2. The molecule has 2 aromatic carbocycles. The van der Waals surface area contributed by atoms with Crippen molar-refractivity contribution >= 4 is 40.6 Å². The molecule has 0 saturated carbocycles. The van der Waals surface area contributed by atoms with Crippen molar-refractivity contribution < 1.29 is 39.3 Å². The predicted octanol–water partition coefficient (Wildman–Crippen LogP) is 0.356. The van der Waals surface area contributed by atoms with Gasteiger partial charge in [-0.25, -0.2) is 9.78 Å². The lowest BCUT2D eigenvalue weighted by Crippen LogP contribution is -2.58. The van der Waals surface area contributed by atoms with Crippen molar-refractivity contribution in [1.29, 1.82) is 0 Å². The van der Waals surface area contributed by atoms with Crippen molar-refractivity contribution in [2.45, 2.75) is 56.3 Å². The van der Waals surface area contributed by atoms with Crippen LogP contribution in [0.4, 0.5) is 0 Å². The number of fused-ring (bicyclic) bond motifs is 1. The smallest absolute Gasteiger partial charge is 0.326 e. The van der Waals surface area contributed by atoms with E-state index >= 15 is 0 Å². The molecular formula is C31H35N7O8. The Morgan fingerprint density at radius 2 is 1.48 bits per heavy atom. The molecule has 4 aromatic rings. The molecule has 3 amide bonds. The number of rotatable bonds is 16. The number of nitrogens with two attached hydrogens (primary N) is 1. The standard InChI is InChI=1S/C31H35N7O8/c32-22(13-19-15-33-16-35-19)28(42)37-25(12-18-14-34-23-4-2-1-3-21(18)23)30(44)36-24(9-10-27(40)41)29(43)38-26(31(45)46)11-17-5-7-20(39)8-6-17/h1-8,14-16,22,24-26,34,39H,9-13,32H2,(H,33,35)(H,36,44)(H,37,42)(H,38,43)(H,40,41)(H,45,46). The van der Waals surface area contributed by atoms with Crippen LogP contribution in [-0.4, -0.2) is 84.1 Å². The first-order valence-corrected chi connectivity index (χ1v) is 14.4. The van der Waals surface area contributed by atoms with Crippen molar-refractivity contribution in [3.63, 3.8) is 0 Å². The van der Waals surface area contributed by atoms with E-state index in [1.54, 1.807) is 6.20 Å². The van der Waals surface area contributed by atoms with Gasteiger partial charge in [0.15, 0.2) is 0 Å². The number of H-pyrrole nitrogens is 2. The number of phenolic OH excluding ortho intramolecular Hbond substituents is 1. The largest absolute Gasteiger partial charge is 0.508 e. The molecule has 4 atom stereocenters. The molecule has 0 radical (unpaired) electrons. The maximum Gasteiger partial charge on any atom is 0.326 e. The van der Waals surface area contributed by atoms with E-state index in [1.165, 1.54) is 36.8 Å². The molecule has 10 N–H and O–H groups in total. The number of hydrogen-bond acceptors (Lipinski definition) is 8. The van der Waals surface area contributed by atoms with E-state index in [1.807, 2.05) is 24.3 Å². The third-order valence-electron chi connectivity index (χ3n) is 7.33. The Bertz CT molecular complexity index is 1670. The number of phenols is 1. The quantitative estimate of drug-likeness (QED) is 0.0818. The molecule has 0 aliphatic carbocycles. The fourth-order valence-electron chi connectivity index (χ4n) is 4.88. The van der Waals surface area contributed by atoms with E-state index in [4.69, 9.17) is 5.73 Å². The molecule has 0 spiro atoms. The lowest BCUT2D eigenvalue weighted by atomic mass is 10.0. The van der Waals surface area contributed by atoms with Crippen LogP contribution >= 0.6 is 0 Å². The molecule has 0 saturated heterocycles. The summed E-state index contributed by atoms with van der Waals surface area (Å²) in [5.41, 5.74) is 8.70. The number of nitrogens with zero attached hydrogens (tertiary/aromatic N) is 1. The number of amides is 3. The minimum Gasteiger partial charge on any atom is -0.508 e. The molecule has 242 valence electrons. The number of carboxylic acid groups (broad SMARTS) is 2. The highest BCUT2D eigenvalue weighted by Crippen LogP contribution is 2.19. The van der Waals surface area contributed by atoms with E-state index in [2.05, 4.69) is 30.9 Å². The summed E-state index contributed by atoms with van der Waals surface area (Å²) in [5.74, 6) is -4.99. The Balaban J connectivity index is 1.54. The van der Waals surface area contributed by atoms with Crippen LogP contribution in [0, 0.1) is 0 Å². The van der Waals surface area contributed by atoms with E-state index < -0.39 is 60.2 Å². The minimum atomic E-state index is -1.45. The second-order valence-electron chi connectivity index (χ2n) is 10.8. The number of carbonyl (C=O) groups is 5. The van der Waals surface area contributed by atoms with Gasteiger partial charge in [0.2, 0.25) is 17.7 Å². The van der Waals surface area contributed by atoms with Gasteiger partial charge in [0, 0.05) is 54.7 Å². The number of aliphatic carboxylic acids is 2. The summed E-state index contributed by atoms with van der Waals surface area (Å²) in [6.07, 6.45) is 3.73. The summed E-state index contributed by atoms with van der Waals surface area (Å²) in [4.78, 5) is 73.4. The molecule has 0 aliphatic heterocycles. The Morgan fingerprint density at radius 1 is 0.804 bits per heavy atom. The minimum absolute atomic E-state index is 0.00969. The van der Waals surface area contributed by atoms with Crippen molar-refractivity contribution in [3.05, 3.63) is 84.1 Å². The van der Waals surface area contributed by atoms with Crippen LogP contribution in [0.5, 0.6) is 5.75 Å². The number of carbonyl (C=O) groups excluding carboxylic acids is 3. The first-order valence-electron chi connectivity index (χ1n) is 14.4. The normalized spacial score (nSPS) is 13.7. The Morgan fingerprint density at radius 3 is 2.15 bits per heavy atom. The summed E-state index contributed by atoms with van der Waals surface area (Å²) >= 11 is 0. The average molecular weight is 634 g/mol. The van der Waals surface area contributed by atoms with Crippen LogP contribution in [0.3, 0.4) is 0 Å². The highest BCUT2D eigenvalue weighted by atomic mass is 16.4. The summed E-state index contributed by atoms with van der Waals surface area (Å²) in [6.45, 7) is 0. The third kappa shape index (κ3) is 9.15. The third-order valence-corrected chi connectivity index (χ3v) is 7.33. The molecule has 0 fully saturated rings. The topological polar surface area (TPSA) is 253 Å². The highest BCUT2D eigenvalue weighted by molar-refractivity contribution is 5.95. The van der Waals surface area contributed by atoms with Crippen molar-refractivity contribution in [2.75, 3.05) is 0 Å². The first-order chi connectivity index (χ1) is 22.0. The van der Waals surface area contributed by atoms with E-state index in [0.717, 1.165) is 10.9 Å². The van der Waals surface area contributed by atoms with E-state index in [9.17, 15) is 39.3 Å². The number of nitrogens with one attached hydrogen (secondary N) is 5. The molecule has 46 heavy (non-hydrogen) atoms. The molecule has 0 aliphatic rings. The second-order valence-corrected chi connectivity index (χ2v) is 10.8. The zero-order chi connectivity index (χ0) is 33.2. The van der Waals surface area contributed by atoms with Crippen molar-refractivity contribution in [2.24, 2.45) is 5.73 Å². The van der Waals surface area contributed by atoms with Crippen LogP contribution in [0.25, 0.3) is 10.9 Å². The maximum atomic E-state index is 13.7. The Hall–Kier alpha value is -5.70. The molecule has 2 aromatic heterocycles. The highest BCUT2D eigenvalue weighted by Gasteiger charge is 2.31. The fraction of sp³-hybridized carbons (Fsp3) is 0.290. The van der Waals surface area contributed by atoms with Crippen LogP contribution < -0.4 is 21.7 Å². The molecule has 0 bridgehead atoms. The van der Waals surface area contributed by atoms with Gasteiger partial charge in [-0.15, -0.1) is 0 Å². The van der Waals surface area contributed by atoms with E-state index in [-0.39, 0.29) is 31.4 Å². The maximum absolute atomic E-state index is 13.7. The Labute approximate surface area is 262 Å². The number of benzene rings is 2. The van der Waals surface area contributed by atoms with Gasteiger partial charge in [-0.2, -0.15) is 0 Å². The van der Waals surface area contributed by atoms with Crippen LogP contribution in [0.15, 0.2) is 67.3 Å². The Kier molecular flexibility index (Phi) is 11.1.